The molecule has 6 heteroatoms. The van der Waals surface area contributed by atoms with E-state index in [1.54, 1.807) is 42.5 Å². The first-order valence-electron chi connectivity index (χ1n) is 7.71. The molecule has 0 unspecified atom stereocenters. The summed E-state index contributed by atoms with van der Waals surface area (Å²) in [5.74, 6) is -0.768. The van der Waals surface area contributed by atoms with E-state index in [0.29, 0.717) is 21.8 Å². The molecule has 3 rings (SSSR count). The van der Waals surface area contributed by atoms with Gasteiger partial charge in [-0.3, -0.25) is 9.59 Å². The van der Waals surface area contributed by atoms with Crippen molar-refractivity contribution in [2.24, 2.45) is 5.73 Å². The molecule has 0 saturated heterocycles. The number of halogens is 1. The maximum atomic E-state index is 12.5. The summed E-state index contributed by atoms with van der Waals surface area (Å²) in [6.07, 6.45) is 0. The summed E-state index contributed by atoms with van der Waals surface area (Å²) in [4.78, 5) is 27.9. The van der Waals surface area contributed by atoms with Gasteiger partial charge in [-0.05, 0) is 42.8 Å². The third-order valence-electron chi connectivity index (χ3n) is 3.93. The number of aromatic nitrogens is 1. The van der Waals surface area contributed by atoms with Crippen LogP contribution in [0.2, 0.25) is 5.02 Å². The highest BCUT2D eigenvalue weighted by Gasteiger charge is 2.13. The molecular formula is C19H16ClN3O2. The number of hydrogen-bond acceptors (Lipinski definition) is 3. The van der Waals surface area contributed by atoms with E-state index >= 15 is 0 Å². The Hall–Kier alpha value is -2.92. The molecule has 0 aliphatic carbocycles. The number of nitrogens with two attached hydrogens (primary N) is 1. The highest BCUT2D eigenvalue weighted by molar-refractivity contribution is 6.31. The van der Waals surface area contributed by atoms with E-state index in [2.05, 4.69) is 10.3 Å². The molecule has 3 N–H and O–H groups in total. The van der Waals surface area contributed by atoms with E-state index in [-0.39, 0.29) is 11.9 Å². The number of carbonyl (C=O) groups excluding carboxylic acids is 2. The molecule has 25 heavy (non-hydrogen) atoms. The standard InChI is InChI=1S/C19H16ClN3O2/c1-11(12-2-4-14(5-3-12)18(21)24)22-19(25)16-9-7-13-6-8-15(20)10-17(13)23-16/h2-11H,1H3,(H2,21,24)(H,22,25)/t11-/m1/s1. The third kappa shape index (κ3) is 3.78. The van der Waals surface area contributed by atoms with E-state index in [9.17, 15) is 9.59 Å². The molecule has 3 aromatic rings. The van der Waals surface area contributed by atoms with E-state index < -0.39 is 5.91 Å². The molecule has 2 aromatic carbocycles. The SMILES string of the molecule is C[C@@H](NC(=O)c1ccc2ccc(Cl)cc2n1)c1ccc(C(N)=O)cc1. The number of carbonyl (C=O) groups is 2. The number of nitrogens with zero attached hydrogens (tertiary/aromatic N) is 1. The van der Waals surface area contributed by atoms with Gasteiger partial charge in [-0.15, -0.1) is 0 Å². The van der Waals surface area contributed by atoms with Crippen LogP contribution in [0.15, 0.2) is 54.6 Å². The van der Waals surface area contributed by atoms with Crippen molar-refractivity contribution in [3.8, 4) is 0 Å². The summed E-state index contributed by atoms with van der Waals surface area (Å²) in [7, 11) is 0. The van der Waals surface area contributed by atoms with Crippen LogP contribution >= 0.6 is 11.6 Å². The number of primary amides is 1. The van der Waals surface area contributed by atoms with Crippen molar-refractivity contribution >= 4 is 34.3 Å². The van der Waals surface area contributed by atoms with E-state index in [4.69, 9.17) is 17.3 Å². The Kier molecular flexibility index (Phi) is 4.67. The average molecular weight is 354 g/mol. The first kappa shape index (κ1) is 16.9. The van der Waals surface area contributed by atoms with Crippen LogP contribution in [0, 0.1) is 0 Å². The monoisotopic (exact) mass is 353 g/mol. The predicted octanol–water partition coefficient (Wildman–Crippen LogP) is 3.48. The number of nitrogens with one attached hydrogen (secondary N) is 1. The van der Waals surface area contributed by atoms with Gasteiger partial charge in [-0.2, -0.15) is 0 Å². The van der Waals surface area contributed by atoms with E-state index in [1.807, 2.05) is 19.1 Å². The fraction of sp³-hybridized carbons (Fsp3) is 0.105. The molecule has 5 nitrogen and oxygen atoms in total. The van der Waals surface area contributed by atoms with Crippen molar-refractivity contribution in [3.05, 3.63) is 76.4 Å². The molecule has 0 radical (unpaired) electrons. The predicted molar refractivity (Wildman–Crippen MR) is 97.6 cm³/mol. The molecular weight excluding hydrogens is 338 g/mol. The first-order valence-corrected chi connectivity index (χ1v) is 8.09. The van der Waals surface area contributed by atoms with Gasteiger partial charge >= 0.3 is 0 Å². The largest absolute Gasteiger partial charge is 0.366 e. The van der Waals surface area contributed by atoms with Crippen molar-refractivity contribution in [3.63, 3.8) is 0 Å². The fourth-order valence-electron chi connectivity index (χ4n) is 2.51. The van der Waals surface area contributed by atoms with Gasteiger partial charge in [0.1, 0.15) is 5.69 Å². The zero-order chi connectivity index (χ0) is 18.0. The summed E-state index contributed by atoms with van der Waals surface area (Å²) >= 11 is 5.98. The lowest BCUT2D eigenvalue weighted by molar-refractivity contribution is 0.0934. The highest BCUT2D eigenvalue weighted by atomic mass is 35.5. The minimum atomic E-state index is -0.484. The van der Waals surface area contributed by atoms with Crippen molar-refractivity contribution in [2.45, 2.75) is 13.0 Å². The maximum absolute atomic E-state index is 12.5. The second-order valence-electron chi connectivity index (χ2n) is 5.71. The number of rotatable bonds is 4. The molecule has 0 spiro atoms. The van der Waals surface area contributed by atoms with Gasteiger partial charge in [-0.1, -0.05) is 35.9 Å². The summed E-state index contributed by atoms with van der Waals surface area (Å²) in [6.45, 7) is 1.86. The maximum Gasteiger partial charge on any atom is 0.270 e. The minimum Gasteiger partial charge on any atom is -0.366 e. The highest BCUT2D eigenvalue weighted by Crippen LogP contribution is 2.19. The van der Waals surface area contributed by atoms with Gasteiger partial charge in [0.25, 0.3) is 5.91 Å². The van der Waals surface area contributed by atoms with Crippen molar-refractivity contribution in [1.29, 1.82) is 0 Å². The lowest BCUT2D eigenvalue weighted by Crippen LogP contribution is -2.27. The molecule has 0 aliphatic heterocycles. The molecule has 0 bridgehead atoms. The quantitative estimate of drug-likeness (QED) is 0.753. The summed E-state index contributed by atoms with van der Waals surface area (Å²) < 4.78 is 0. The molecule has 0 fully saturated rings. The van der Waals surface area contributed by atoms with Crippen LogP contribution < -0.4 is 11.1 Å². The summed E-state index contributed by atoms with van der Waals surface area (Å²) in [5, 5.41) is 4.37. The lowest BCUT2D eigenvalue weighted by atomic mass is 10.1. The summed E-state index contributed by atoms with van der Waals surface area (Å²) in [6, 6.07) is 15.4. The van der Waals surface area contributed by atoms with Crippen LogP contribution in [0.4, 0.5) is 0 Å². The van der Waals surface area contributed by atoms with Crippen molar-refractivity contribution < 1.29 is 9.59 Å². The van der Waals surface area contributed by atoms with Crippen LogP contribution in [0.25, 0.3) is 10.9 Å². The molecule has 2 amide bonds. The Labute approximate surface area is 149 Å². The topological polar surface area (TPSA) is 85.1 Å². The second kappa shape index (κ2) is 6.91. The first-order chi connectivity index (χ1) is 11.9. The normalized spacial score (nSPS) is 11.9. The zero-order valence-corrected chi connectivity index (χ0v) is 14.2. The third-order valence-corrected chi connectivity index (χ3v) is 4.16. The second-order valence-corrected chi connectivity index (χ2v) is 6.15. The molecule has 0 aliphatic rings. The molecule has 126 valence electrons. The van der Waals surface area contributed by atoms with Gasteiger partial charge in [0.15, 0.2) is 0 Å². The van der Waals surface area contributed by atoms with Crippen LogP contribution in [-0.2, 0) is 0 Å². The van der Waals surface area contributed by atoms with Crippen molar-refractivity contribution in [1.82, 2.24) is 10.3 Å². The Morgan fingerprint density at radius 1 is 1.08 bits per heavy atom. The van der Waals surface area contributed by atoms with Crippen LogP contribution in [0.3, 0.4) is 0 Å². The Morgan fingerprint density at radius 2 is 1.76 bits per heavy atom. The smallest absolute Gasteiger partial charge is 0.270 e. The molecule has 1 aromatic heterocycles. The number of pyridine rings is 1. The van der Waals surface area contributed by atoms with Crippen molar-refractivity contribution in [2.75, 3.05) is 0 Å². The van der Waals surface area contributed by atoms with Crippen LogP contribution in [0.5, 0.6) is 0 Å². The molecule has 1 atom stereocenters. The minimum absolute atomic E-state index is 0.244. The van der Waals surface area contributed by atoms with Crippen LogP contribution in [-0.4, -0.2) is 16.8 Å². The Morgan fingerprint density at radius 3 is 2.44 bits per heavy atom. The molecule has 0 saturated carbocycles. The zero-order valence-electron chi connectivity index (χ0n) is 13.5. The average Bonchev–Trinajstić information content (AvgIpc) is 2.61. The number of hydrogen-bond donors (Lipinski definition) is 2. The van der Waals surface area contributed by atoms with Gasteiger partial charge in [0, 0.05) is 16.0 Å². The number of fused-ring (bicyclic) bond motifs is 1. The number of benzene rings is 2. The number of amides is 2. The Balaban J connectivity index is 1.77. The van der Waals surface area contributed by atoms with E-state index in [0.717, 1.165) is 10.9 Å². The molecule has 1 heterocycles. The van der Waals surface area contributed by atoms with Gasteiger partial charge < -0.3 is 11.1 Å². The van der Waals surface area contributed by atoms with Crippen LogP contribution in [0.1, 0.15) is 39.4 Å². The van der Waals surface area contributed by atoms with E-state index in [1.165, 1.54) is 0 Å². The fourth-order valence-corrected chi connectivity index (χ4v) is 2.67. The van der Waals surface area contributed by atoms with Gasteiger partial charge in [-0.25, -0.2) is 4.98 Å². The van der Waals surface area contributed by atoms with Gasteiger partial charge in [0.05, 0.1) is 11.6 Å². The van der Waals surface area contributed by atoms with Gasteiger partial charge in [0.2, 0.25) is 5.91 Å². The Bertz CT molecular complexity index is 955. The summed E-state index contributed by atoms with van der Waals surface area (Å²) in [5.41, 5.74) is 7.50. The lowest BCUT2D eigenvalue weighted by Gasteiger charge is -2.14.